The lowest BCUT2D eigenvalue weighted by molar-refractivity contribution is 0.0522. The van der Waals surface area contributed by atoms with E-state index in [0.29, 0.717) is 30.7 Å². The molecule has 198 valence electrons. The highest BCUT2D eigenvalue weighted by molar-refractivity contribution is 5.91. The van der Waals surface area contributed by atoms with E-state index in [2.05, 4.69) is 19.2 Å². The second-order valence-corrected chi connectivity index (χ2v) is 11.5. The topological polar surface area (TPSA) is 121 Å². The van der Waals surface area contributed by atoms with Crippen molar-refractivity contribution in [2.45, 2.75) is 65.5 Å². The molecule has 3 N–H and O–H groups in total. The van der Waals surface area contributed by atoms with Crippen LogP contribution in [0.5, 0.6) is 5.75 Å². The highest BCUT2D eigenvalue weighted by Gasteiger charge is 2.42. The Morgan fingerprint density at radius 1 is 1.28 bits per heavy atom. The SMILES string of the molecule is COc1c(N2CC(CCNC(=O)OC(C)(C)C)C(C)(C)C2)c(F)cc2c(=O)n(N)c(=O)n(C3CC3)c12. The quantitative estimate of drug-likeness (QED) is 0.579. The van der Waals surface area contributed by atoms with Gasteiger partial charge >= 0.3 is 11.8 Å². The van der Waals surface area contributed by atoms with Gasteiger partial charge in [-0.05, 0) is 57.4 Å². The van der Waals surface area contributed by atoms with Crippen molar-refractivity contribution in [1.82, 2.24) is 14.6 Å². The summed E-state index contributed by atoms with van der Waals surface area (Å²) in [5.74, 6) is 5.42. The van der Waals surface area contributed by atoms with Gasteiger partial charge in [-0.2, -0.15) is 4.68 Å². The van der Waals surface area contributed by atoms with Crippen molar-refractivity contribution < 1.29 is 18.7 Å². The van der Waals surface area contributed by atoms with E-state index in [1.807, 2.05) is 25.7 Å². The van der Waals surface area contributed by atoms with Crippen LogP contribution in [0.2, 0.25) is 0 Å². The van der Waals surface area contributed by atoms with Crippen LogP contribution in [0.4, 0.5) is 14.9 Å². The number of hydrogen-bond donors (Lipinski definition) is 2. The molecular formula is C25H36FN5O5. The van der Waals surface area contributed by atoms with E-state index in [4.69, 9.17) is 15.3 Å². The monoisotopic (exact) mass is 505 g/mol. The van der Waals surface area contributed by atoms with Crippen molar-refractivity contribution in [1.29, 1.82) is 0 Å². The van der Waals surface area contributed by atoms with Crippen LogP contribution in [0.3, 0.4) is 0 Å². The molecule has 1 unspecified atom stereocenters. The molecule has 2 fully saturated rings. The first-order valence-corrected chi connectivity index (χ1v) is 12.3. The lowest BCUT2D eigenvalue weighted by atomic mass is 9.80. The number of nitrogen functional groups attached to an aromatic ring is 1. The number of methoxy groups -OCH3 is 1. The number of carbonyl (C=O) groups is 1. The summed E-state index contributed by atoms with van der Waals surface area (Å²) in [7, 11) is 1.41. The Bertz CT molecular complexity index is 1310. The molecule has 1 aromatic carbocycles. The van der Waals surface area contributed by atoms with Crippen molar-refractivity contribution >= 4 is 22.7 Å². The number of nitrogens with one attached hydrogen (secondary N) is 1. The molecule has 36 heavy (non-hydrogen) atoms. The average Bonchev–Trinajstić information content (AvgIpc) is 3.55. The van der Waals surface area contributed by atoms with Crippen LogP contribution in [0.25, 0.3) is 10.9 Å². The van der Waals surface area contributed by atoms with Gasteiger partial charge in [0.05, 0.1) is 12.5 Å². The van der Waals surface area contributed by atoms with Crippen LogP contribution < -0.4 is 32.0 Å². The van der Waals surface area contributed by atoms with Crippen LogP contribution in [-0.2, 0) is 4.74 Å². The minimum atomic E-state index is -0.761. The van der Waals surface area contributed by atoms with Gasteiger partial charge in [0.2, 0.25) is 0 Å². The minimum Gasteiger partial charge on any atom is -0.492 e. The third-order valence-electron chi connectivity index (χ3n) is 7.02. The summed E-state index contributed by atoms with van der Waals surface area (Å²) in [6.45, 7) is 11.1. The van der Waals surface area contributed by atoms with Crippen molar-refractivity contribution in [2.75, 3.05) is 37.5 Å². The van der Waals surface area contributed by atoms with Crippen LogP contribution in [0.15, 0.2) is 15.7 Å². The largest absolute Gasteiger partial charge is 0.492 e. The molecule has 2 aliphatic rings. The molecule has 1 aromatic heterocycles. The predicted molar refractivity (Wildman–Crippen MR) is 136 cm³/mol. The van der Waals surface area contributed by atoms with E-state index in [1.165, 1.54) is 11.7 Å². The zero-order valence-electron chi connectivity index (χ0n) is 21.8. The fourth-order valence-electron chi connectivity index (χ4n) is 5.11. The number of nitrogens with zero attached hydrogens (tertiary/aromatic N) is 3. The Hall–Kier alpha value is -3.24. The number of rotatable bonds is 6. The summed E-state index contributed by atoms with van der Waals surface area (Å²) < 4.78 is 28.6. The zero-order chi connectivity index (χ0) is 26.6. The Morgan fingerprint density at radius 3 is 2.53 bits per heavy atom. The van der Waals surface area contributed by atoms with Gasteiger partial charge in [-0.15, -0.1) is 0 Å². The molecule has 2 aromatic rings. The lowest BCUT2D eigenvalue weighted by Crippen LogP contribution is -2.44. The molecule has 0 spiro atoms. The number of amides is 1. The number of benzene rings is 1. The Morgan fingerprint density at radius 2 is 1.94 bits per heavy atom. The molecule has 0 radical (unpaired) electrons. The summed E-state index contributed by atoms with van der Waals surface area (Å²) >= 11 is 0. The number of ether oxygens (including phenoxy) is 2. The van der Waals surface area contributed by atoms with Crippen LogP contribution in [0.1, 0.15) is 59.9 Å². The second kappa shape index (κ2) is 9.01. The van der Waals surface area contributed by atoms with E-state index >= 15 is 4.39 Å². The maximum absolute atomic E-state index is 15.6. The summed E-state index contributed by atoms with van der Waals surface area (Å²) in [6.07, 6.45) is 1.74. The fraction of sp³-hybridized carbons (Fsp3) is 0.640. The Labute approximate surface area is 209 Å². The van der Waals surface area contributed by atoms with Crippen LogP contribution in [0, 0.1) is 17.2 Å². The molecular weight excluding hydrogens is 469 g/mol. The number of aromatic nitrogens is 2. The fourth-order valence-corrected chi connectivity index (χ4v) is 5.11. The molecule has 1 atom stereocenters. The summed E-state index contributed by atoms with van der Waals surface area (Å²) in [5.41, 5.74) is -1.67. The van der Waals surface area contributed by atoms with Crippen LogP contribution in [-0.4, -0.2) is 47.7 Å². The molecule has 1 aliphatic heterocycles. The van der Waals surface area contributed by atoms with Crippen molar-refractivity contribution in [3.63, 3.8) is 0 Å². The molecule has 0 bridgehead atoms. The van der Waals surface area contributed by atoms with Gasteiger partial charge in [-0.3, -0.25) is 9.36 Å². The van der Waals surface area contributed by atoms with E-state index < -0.39 is 28.8 Å². The lowest BCUT2D eigenvalue weighted by Gasteiger charge is -2.26. The van der Waals surface area contributed by atoms with Crippen LogP contribution >= 0.6 is 0 Å². The molecule has 1 saturated carbocycles. The normalized spacial score (nSPS) is 19.5. The molecule has 10 nitrogen and oxygen atoms in total. The highest BCUT2D eigenvalue weighted by Crippen LogP contribution is 2.46. The molecule has 4 rings (SSSR count). The van der Waals surface area contributed by atoms with Crippen molar-refractivity contribution in [3.8, 4) is 5.75 Å². The van der Waals surface area contributed by atoms with E-state index in [0.717, 1.165) is 18.9 Å². The van der Waals surface area contributed by atoms with E-state index in [9.17, 15) is 14.4 Å². The maximum Gasteiger partial charge on any atom is 0.407 e. The van der Waals surface area contributed by atoms with Gasteiger partial charge in [0.1, 0.15) is 16.8 Å². The van der Waals surface area contributed by atoms with Gasteiger partial charge in [0.15, 0.2) is 11.6 Å². The van der Waals surface area contributed by atoms with Crippen molar-refractivity contribution in [3.05, 3.63) is 32.7 Å². The van der Waals surface area contributed by atoms with Crippen molar-refractivity contribution in [2.24, 2.45) is 11.3 Å². The maximum atomic E-state index is 15.6. The van der Waals surface area contributed by atoms with E-state index in [-0.39, 0.29) is 39.7 Å². The first kappa shape index (κ1) is 25.8. The second-order valence-electron chi connectivity index (χ2n) is 11.5. The summed E-state index contributed by atoms with van der Waals surface area (Å²) in [4.78, 5) is 39.6. The first-order chi connectivity index (χ1) is 16.7. The Kier molecular flexibility index (Phi) is 6.47. The number of alkyl carbamates (subject to hydrolysis) is 1. The number of carbonyl (C=O) groups excluding carboxylic acids is 1. The predicted octanol–water partition coefficient (Wildman–Crippen LogP) is 2.74. The minimum absolute atomic E-state index is 0.0127. The zero-order valence-corrected chi connectivity index (χ0v) is 21.8. The first-order valence-electron chi connectivity index (χ1n) is 12.3. The number of anilines is 1. The number of hydrogen-bond acceptors (Lipinski definition) is 7. The number of halogens is 1. The van der Waals surface area contributed by atoms with E-state index in [1.54, 1.807) is 0 Å². The molecule has 11 heteroatoms. The van der Waals surface area contributed by atoms with Gasteiger partial charge in [-0.25, -0.2) is 14.0 Å². The third kappa shape index (κ3) is 4.75. The number of nitrogens with two attached hydrogens (primary N) is 1. The summed E-state index contributed by atoms with van der Waals surface area (Å²) in [5, 5.41) is 2.81. The number of fused-ring (bicyclic) bond motifs is 1. The standard InChI is InChI=1S/C25H36FN5O5/c1-24(2,3)36-22(33)28-10-9-14-12-29(13-25(14,4)5)19-17(26)11-16-18(20(19)35-6)30(15-7-8-15)23(34)31(27)21(16)32/h11,14-15H,7-10,12-13,27H2,1-6H3,(H,28,33). The van der Waals surface area contributed by atoms with Gasteiger partial charge in [0, 0.05) is 25.7 Å². The van der Waals surface area contributed by atoms with Gasteiger partial charge < -0.3 is 25.5 Å². The molecule has 1 aliphatic carbocycles. The average molecular weight is 506 g/mol. The molecule has 1 amide bonds. The third-order valence-corrected chi connectivity index (χ3v) is 7.02. The van der Waals surface area contributed by atoms with Gasteiger partial charge in [-0.1, -0.05) is 13.8 Å². The Balaban J connectivity index is 1.67. The summed E-state index contributed by atoms with van der Waals surface area (Å²) in [6, 6.07) is 1.05. The smallest absolute Gasteiger partial charge is 0.407 e. The molecule has 2 heterocycles. The van der Waals surface area contributed by atoms with Gasteiger partial charge in [0.25, 0.3) is 5.56 Å². The molecule has 1 saturated heterocycles. The highest BCUT2D eigenvalue weighted by atomic mass is 19.1.